The smallest absolute Gasteiger partial charge is 0.323 e. The van der Waals surface area contributed by atoms with Gasteiger partial charge in [0, 0.05) is 30.1 Å². The third-order valence-corrected chi connectivity index (χ3v) is 6.37. The summed E-state index contributed by atoms with van der Waals surface area (Å²) in [6.07, 6.45) is -0.159. The Bertz CT molecular complexity index is 1210. The van der Waals surface area contributed by atoms with Crippen molar-refractivity contribution in [2.75, 3.05) is 37.4 Å². The lowest BCUT2D eigenvalue weighted by Gasteiger charge is -2.37. The molecule has 4 N–H and O–H groups in total. The van der Waals surface area contributed by atoms with Gasteiger partial charge in [0.05, 0.1) is 23.9 Å². The average molecular weight is 477 g/mol. The summed E-state index contributed by atoms with van der Waals surface area (Å²) in [5, 5.41) is 20.6. The minimum absolute atomic E-state index is 0.0535. The topological polar surface area (TPSA) is 103 Å². The van der Waals surface area contributed by atoms with Crippen molar-refractivity contribution in [3.8, 4) is 5.75 Å². The van der Waals surface area contributed by atoms with E-state index in [0.717, 1.165) is 10.8 Å². The van der Waals surface area contributed by atoms with Gasteiger partial charge in [-0.1, -0.05) is 43.3 Å². The molecule has 0 spiro atoms. The Morgan fingerprint density at radius 2 is 1.91 bits per heavy atom. The quantitative estimate of drug-likeness (QED) is 0.432. The van der Waals surface area contributed by atoms with Gasteiger partial charge in [-0.15, -0.1) is 0 Å². The minimum atomic E-state index is -0.414. The van der Waals surface area contributed by atoms with E-state index < -0.39 is 6.03 Å². The van der Waals surface area contributed by atoms with Crippen LogP contribution in [-0.2, 0) is 0 Å². The van der Waals surface area contributed by atoms with E-state index in [1.165, 1.54) is 0 Å². The van der Waals surface area contributed by atoms with Crippen LogP contribution in [0.3, 0.4) is 0 Å². The minimum Gasteiger partial charge on any atom is -0.488 e. The fraction of sp³-hybridized carbons (Fsp3) is 0.333. The van der Waals surface area contributed by atoms with Gasteiger partial charge in [0.2, 0.25) is 0 Å². The molecule has 0 unspecified atom stereocenters. The van der Waals surface area contributed by atoms with Crippen molar-refractivity contribution in [1.82, 2.24) is 10.2 Å². The van der Waals surface area contributed by atoms with Crippen LogP contribution in [0.15, 0.2) is 60.7 Å². The van der Waals surface area contributed by atoms with E-state index in [0.29, 0.717) is 35.8 Å². The van der Waals surface area contributed by atoms with Crippen LogP contribution in [-0.4, -0.2) is 60.8 Å². The highest BCUT2D eigenvalue weighted by atomic mass is 16.5. The van der Waals surface area contributed by atoms with E-state index in [1.807, 2.05) is 63.4 Å². The fourth-order valence-corrected chi connectivity index (χ4v) is 4.36. The van der Waals surface area contributed by atoms with Gasteiger partial charge in [-0.25, -0.2) is 4.79 Å². The molecule has 0 saturated heterocycles. The number of nitrogens with zero attached hydrogens (tertiary/aromatic N) is 1. The summed E-state index contributed by atoms with van der Waals surface area (Å²) < 4.78 is 6.22. The largest absolute Gasteiger partial charge is 0.488 e. The number of benzene rings is 3. The Morgan fingerprint density at radius 3 is 2.69 bits per heavy atom. The number of fused-ring (bicyclic) bond motifs is 2. The van der Waals surface area contributed by atoms with E-state index >= 15 is 0 Å². The van der Waals surface area contributed by atoms with Crippen LogP contribution >= 0.6 is 0 Å². The van der Waals surface area contributed by atoms with Crippen molar-refractivity contribution in [3.63, 3.8) is 0 Å². The number of nitrogens with one attached hydrogen (secondary N) is 3. The summed E-state index contributed by atoms with van der Waals surface area (Å²) in [7, 11) is 1.86. The standard InChI is InChI=1S/C27H32N4O4/c1-17-15-31(18(2)16-32)26(33)22-13-20(11-12-24(22)35-25(17)14-28-3)29-27(34)30-23-10-6-8-19-7-4-5-9-21(19)23/h4-13,17-18,25,28,32H,14-16H2,1-3H3,(H2,29,30,34)/t17-,18+,25-/m0/s1. The highest BCUT2D eigenvalue weighted by Crippen LogP contribution is 2.30. The first-order chi connectivity index (χ1) is 16.9. The summed E-state index contributed by atoms with van der Waals surface area (Å²) in [4.78, 5) is 27.9. The van der Waals surface area contributed by atoms with E-state index in [1.54, 1.807) is 23.1 Å². The third kappa shape index (κ3) is 5.39. The first kappa shape index (κ1) is 24.5. The lowest BCUT2D eigenvalue weighted by Crippen LogP contribution is -2.49. The number of likely N-dealkylation sites (N-methyl/N-ethyl adjacent to an activating group) is 1. The summed E-state index contributed by atoms with van der Waals surface area (Å²) >= 11 is 0. The molecule has 35 heavy (non-hydrogen) atoms. The van der Waals surface area contributed by atoms with Crippen molar-refractivity contribution in [2.45, 2.75) is 26.0 Å². The van der Waals surface area contributed by atoms with Crippen LogP contribution in [0.5, 0.6) is 5.75 Å². The Hall–Kier alpha value is -3.62. The second-order valence-corrected chi connectivity index (χ2v) is 9.00. The van der Waals surface area contributed by atoms with E-state index in [4.69, 9.17) is 4.74 Å². The highest BCUT2D eigenvalue weighted by molar-refractivity contribution is 6.07. The van der Waals surface area contributed by atoms with Crippen molar-refractivity contribution in [2.24, 2.45) is 5.92 Å². The molecule has 0 aliphatic carbocycles. The molecule has 4 rings (SSSR count). The van der Waals surface area contributed by atoms with Crippen LogP contribution < -0.4 is 20.7 Å². The summed E-state index contributed by atoms with van der Waals surface area (Å²) in [5.74, 6) is 0.268. The van der Waals surface area contributed by atoms with Crippen LogP contribution in [0.4, 0.5) is 16.2 Å². The molecule has 0 aromatic heterocycles. The maximum Gasteiger partial charge on any atom is 0.323 e. The molecule has 1 aliphatic rings. The maximum atomic E-state index is 13.5. The fourth-order valence-electron chi connectivity index (χ4n) is 4.36. The number of rotatable bonds is 6. The average Bonchev–Trinajstić information content (AvgIpc) is 2.86. The number of aliphatic hydroxyl groups is 1. The molecule has 0 bridgehead atoms. The number of carbonyl (C=O) groups is 2. The number of anilines is 2. The maximum absolute atomic E-state index is 13.5. The van der Waals surface area contributed by atoms with E-state index in [-0.39, 0.29) is 30.6 Å². The second-order valence-electron chi connectivity index (χ2n) is 9.00. The first-order valence-electron chi connectivity index (χ1n) is 11.8. The SMILES string of the molecule is CNC[C@@H]1Oc2ccc(NC(=O)Nc3cccc4ccccc34)cc2C(=O)N([C@H](C)CO)C[C@@H]1C. The Balaban J connectivity index is 1.60. The number of ether oxygens (including phenoxy) is 1. The molecule has 0 saturated carbocycles. The van der Waals surface area contributed by atoms with Crippen LogP contribution in [0.1, 0.15) is 24.2 Å². The number of aliphatic hydroxyl groups excluding tert-OH is 1. The third-order valence-electron chi connectivity index (χ3n) is 6.37. The highest BCUT2D eigenvalue weighted by Gasteiger charge is 2.32. The lowest BCUT2D eigenvalue weighted by atomic mass is 9.99. The molecule has 184 valence electrons. The van der Waals surface area contributed by atoms with Gasteiger partial charge >= 0.3 is 6.03 Å². The molecule has 3 aromatic carbocycles. The van der Waals surface area contributed by atoms with E-state index in [9.17, 15) is 14.7 Å². The zero-order valence-electron chi connectivity index (χ0n) is 20.2. The summed E-state index contributed by atoms with van der Waals surface area (Å²) in [6.45, 7) is 4.77. The zero-order valence-corrected chi connectivity index (χ0v) is 20.2. The molecule has 8 heteroatoms. The first-order valence-corrected chi connectivity index (χ1v) is 11.8. The number of hydrogen-bond donors (Lipinski definition) is 4. The molecule has 8 nitrogen and oxygen atoms in total. The van der Waals surface area contributed by atoms with Crippen molar-refractivity contribution in [1.29, 1.82) is 0 Å². The number of urea groups is 1. The summed E-state index contributed by atoms with van der Waals surface area (Å²) in [5.41, 5.74) is 1.51. The van der Waals surface area contributed by atoms with Crippen LogP contribution in [0.25, 0.3) is 10.8 Å². The molecule has 3 amide bonds. The van der Waals surface area contributed by atoms with Crippen molar-refractivity contribution < 1.29 is 19.4 Å². The van der Waals surface area contributed by atoms with Gasteiger partial charge in [-0.3, -0.25) is 4.79 Å². The number of hydrogen-bond acceptors (Lipinski definition) is 5. The van der Waals surface area contributed by atoms with Gasteiger partial charge in [-0.05, 0) is 43.6 Å². The van der Waals surface area contributed by atoms with Crippen LogP contribution in [0.2, 0.25) is 0 Å². The monoisotopic (exact) mass is 476 g/mol. The molecule has 0 radical (unpaired) electrons. The normalized spacial score (nSPS) is 18.7. The summed E-state index contributed by atoms with van der Waals surface area (Å²) in [6, 6.07) is 17.8. The number of carbonyl (C=O) groups excluding carboxylic acids is 2. The van der Waals surface area contributed by atoms with Gasteiger partial charge in [-0.2, -0.15) is 0 Å². The van der Waals surface area contributed by atoms with Gasteiger partial charge in [0.25, 0.3) is 5.91 Å². The van der Waals surface area contributed by atoms with E-state index in [2.05, 4.69) is 16.0 Å². The van der Waals surface area contributed by atoms with Crippen molar-refractivity contribution >= 4 is 34.1 Å². The van der Waals surface area contributed by atoms with Gasteiger partial charge < -0.3 is 30.7 Å². The van der Waals surface area contributed by atoms with Gasteiger partial charge in [0.1, 0.15) is 11.9 Å². The molecule has 1 heterocycles. The second kappa shape index (κ2) is 10.8. The Labute approximate surface area is 205 Å². The molecule has 3 atom stereocenters. The predicted octanol–water partition coefficient (Wildman–Crippen LogP) is 3.92. The molecule has 0 fully saturated rings. The molecule has 3 aromatic rings. The zero-order chi connectivity index (χ0) is 24.9. The van der Waals surface area contributed by atoms with Gasteiger partial charge in [0.15, 0.2) is 0 Å². The molecule has 1 aliphatic heterocycles. The molecular weight excluding hydrogens is 444 g/mol. The van der Waals surface area contributed by atoms with Crippen LogP contribution in [0, 0.1) is 5.92 Å². The lowest BCUT2D eigenvalue weighted by molar-refractivity contribution is 0.0416. The molecular formula is C27H32N4O4. The van der Waals surface area contributed by atoms with Crippen molar-refractivity contribution in [3.05, 3.63) is 66.2 Å². The number of amides is 3. The predicted molar refractivity (Wildman–Crippen MR) is 138 cm³/mol. The Kier molecular flexibility index (Phi) is 7.53. The Morgan fingerprint density at radius 1 is 1.14 bits per heavy atom.